The molecule has 112 valence electrons. The van der Waals surface area contributed by atoms with E-state index >= 15 is 0 Å². The number of hydrogen-bond acceptors (Lipinski definition) is 3. The highest BCUT2D eigenvalue weighted by molar-refractivity contribution is 14.1. The first-order valence-electron chi connectivity index (χ1n) is 6.92. The highest BCUT2D eigenvalue weighted by Crippen LogP contribution is 2.13. The molecule has 0 aliphatic carbocycles. The molecule has 0 aliphatic heterocycles. The van der Waals surface area contributed by atoms with Crippen LogP contribution in [0.25, 0.3) is 0 Å². The van der Waals surface area contributed by atoms with Crippen molar-refractivity contribution in [3.63, 3.8) is 0 Å². The molecule has 0 bridgehead atoms. The number of nitrogens with zero attached hydrogens (tertiary/aromatic N) is 1. The molecule has 1 aromatic rings. The fourth-order valence-corrected chi connectivity index (χ4v) is 2.21. The zero-order valence-corrected chi connectivity index (χ0v) is 14.5. The Labute approximate surface area is 135 Å². The molecule has 0 aromatic heterocycles. The molecule has 4 nitrogen and oxygen atoms in total. The maximum Gasteiger partial charge on any atom is 0.257 e. The molecule has 20 heavy (non-hydrogen) atoms. The van der Waals surface area contributed by atoms with Crippen molar-refractivity contribution in [2.24, 2.45) is 0 Å². The van der Waals surface area contributed by atoms with Gasteiger partial charge < -0.3 is 10.1 Å². The minimum absolute atomic E-state index is 0.0639. The number of carbonyl (C=O) groups excluding carboxylic acids is 1. The monoisotopic (exact) mass is 390 g/mol. The van der Waals surface area contributed by atoms with E-state index in [0.717, 1.165) is 22.4 Å². The maximum absolute atomic E-state index is 11.7. The van der Waals surface area contributed by atoms with Crippen LogP contribution in [0.3, 0.4) is 0 Å². The zero-order valence-electron chi connectivity index (χ0n) is 12.4. The Hall–Kier alpha value is -0.820. The van der Waals surface area contributed by atoms with Crippen LogP contribution in [0.4, 0.5) is 0 Å². The molecular formula is C15H23IN2O2. The predicted octanol–water partition coefficient (Wildman–Crippen LogP) is 2.52. The van der Waals surface area contributed by atoms with Crippen LogP contribution in [-0.2, 0) is 4.79 Å². The van der Waals surface area contributed by atoms with Crippen LogP contribution in [0.2, 0.25) is 0 Å². The third-order valence-corrected chi connectivity index (χ3v) is 3.76. The van der Waals surface area contributed by atoms with Gasteiger partial charge in [0, 0.05) is 22.7 Å². The van der Waals surface area contributed by atoms with Gasteiger partial charge in [0.05, 0.1) is 0 Å². The summed E-state index contributed by atoms with van der Waals surface area (Å²) in [4.78, 5) is 14.0. The van der Waals surface area contributed by atoms with Gasteiger partial charge in [-0.3, -0.25) is 9.69 Å². The van der Waals surface area contributed by atoms with Crippen molar-refractivity contribution < 1.29 is 9.53 Å². The number of halogens is 1. The summed E-state index contributed by atoms with van der Waals surface area (Å²) < 4.78 is 6.57. The summed E-state index contributed by atoms with van der Waals surface area (Å²) in [6, 6.07) is 8.14. The van der Waals surface area contributed by atoms with E-state index in [0.29, 0.717) is 12.6 Å². The second kappa shape index (κ2) is 9.18. The number of carbonyl (C=O) groups is 1. The summed E-state index contributed by atoms with van der Waals surface area (Å²) in [6.07, 6.45) is 0. The second-order valence-corrected chi connectivity index (χ2v) is 6.06. The van der Waals surface area contributed by atoms with Crippen molar-refractivity contribution in [3.8, 4) is 5.75 Å². The zero-order chi connectivity index (χ0) is 15.0. The highest BCUT2D eigenvalue weighted by Gasteiger charge is 2.07. The quantitative estimate of drug-likeness (QED) is 0.694. The van der Waals surface area contributed by atoms with Crippen molar-refractivity contribution in [2.75, 3.05) is 26.2 Å². The maximum atomic E-state index is 11.7. The lowest BCUT2D eigenvalue weighted by atomic mass is 10.3. The number of rotatable bonds is 8. The molecule has 0 unspecified atom stereocenters. The van der Waals surface area contributed by atoms with E-state index in [9.17, 15) is 4.79 Å². The van der Waals surface area contributed by atoms with Crippen LogP contribution in [0, 0.1) is 3.57 Å². The van der Waals surface area contributed by atoms with Crippen molar-refractivity contribution in [3.05, 3.63) is 27.8 Å². The molecule has 1 rings (SSSR count). The number of nitrogens with one attached hydrogen (secondary N) is 1. The standard InChI is InChI=1S/C15H23IN2O2/c1-4-18(12(2)3)10-9-17-15(19)11-20-14-7-5-13(16)6-8-14/h5-8,12H,4,9-11H2,1-3H3,(H,17,19). The Balaban J connectivity index is 2.22. The molecule has 0 saturated heterocycles. The molecule has 1 N–H and O–H groups in total. The Kier molecular flexibility index (Phi) is 7.91. The second-order valence-electron chi connectivity index (χ2n) is 4.81. The lowest BCUT2D eigenvalue weighted by molar-refractivity contribution is -0.123. The smallest absolute Gasteiger partial charge is 0.257 e. The van der Waals surface area contributed by atoms with Gasteiger partial charge >= 0.3 is 0 Å². The Bertz CT molecular complexity index is 407. The van der Waals surface area contributed by atoms with E-state index in [1.165, 1.54) is 0 Å². The lowest BCUT2D eigenvalue weighted by Crippen LogP contribution is -2.39. The van der Waals surface area contributed by atoms with Crippen molar-refractivity contribution in [1.29, 1.82) is 0 Å². The van der Waals surface area contributed by atoms with Gasteiger partial charge in [-0.2, -0.15) is 0 Å². The summed E-state index contributed by atoms with van der Waals surface area (Å²) in [5.74, 6) is 0.640. The van der Waals surface area contributed by atoms with Crippen LogP contribution in [0.15, 0.2) is 24.3 Å². The molecule has 0 heterocycles. The van der Waals surface area contributed by atoms with E-state index in [1.807, 2.05) is 24.3 Å². The van der Waals surface area contributed by atoms with Crippen LogP contribution in [0.5, 0.6) is 5.75 Å². The normalized spacial score (nSPS) is 10.9. The Morgan fingerprint density at radius 3 is 2.55 bits per heavy atom. The van der Waals surface area contributed by atoms with Gasteiger partial charge in [0.1, 0.15) is 5.75 Å². The molecule has 5 heteroatoms. The van der Waals surface area contributed by atoms with Crippen LogP contribution in [0.1, 0.15) is 20.8 Å². The molecule has 0 spiro atoms. The number of benzene rings is 1. The molecule has 0 fully saturated rings. The predicted molar refractivity (Wildman–Crippen MR) is 90.0 cm³/mol. The minimum Gasteiger partial charge on any atom is -0.484 e. The van der Waals surface area contributed by atoms with E-state index in [-0.39, 0.29) is 12.5 Å². The summed E-state index contributed by atoms with van der Waals surface area (Å²) in [6.45, 7) is 9.02. The van der Waals surface area contributed by atoms with Gasteiger partial charge in [0.15, 0.2) is 6.61 Å². The summed E-state index contributed by atoms with van der Waals surface area (Å²) in [7, 11) is 0. The van der Waals surface area contributed by atoms with Crippen LogP contribution in [-0.4, -0.2) is 43.1 Å². The fraction of sp³-hybridized carbons (Fsp3) is 0.533. The van der Waals surface area contributed by atoms with Crippen LogP contribution >= 0.6 is 22.6 Å². The topological polar surface area (TPSA) is 41.6 Å². The van der Waals surface area contributed by atoms with Crippen molar-refractivity contribution in [2.45, 2.75) is 26.8 Å². The van der Waals surface area contributed by atoms with Crippen molar-refractivity contribution in [1.82, 2.24) is 10.2 Å². The molecule has 0 atom stereocenters. The Morgan fingerprint density at radius 2 is 2.00 bits per heavy atom. The summed E-state index contributed by atoms with van der Waals surface area (Å²) >= 11 is 2.23. The van der Waals surface area contributed by atoms with E-state index in [2.05, 4.69) is 53.6 Å². The molecule has 0 saturated carbocycles. The number of amides is 1. The molecule has 1 amide bonds. The van der Waals surface area contributed by atoms with Crippen molar-refractivity contribution >= 4 is 28.5 Å². The molecule has 1 aromatic carbocycles. The third-order valence-electron chi connectivity index (χ3n) is 3.04. The average molecular weight is 390 g/mol. The van der Waals surface area contributed by atoms with Gasteiger partial charge in [-0.15, -0.1) is 0 Å². The first-order chi connectivity index (χ1) is 9.52. The van der Waals surface area contributed by atoms with Gasteiger partial charge in [-0.25, -0.2) is 0 Å². The number of ether oxygens (including phenoxy) is 1. The van der Waals surface area contributed by atoms with E-state index < -0.39 is 0 Å². The van der Waals surface area contributed by atoms with Crippen LogP contribution < -0.4 is 10.1 Å². The summed E-state index contributed by atoms with van der Waals surface area (Å²) in [5.41, 5.74) is 0. The highest BCUT2D eigenvalue weighted by atomic mass is 127. The summed E-state index contributed by atoms with van der Waals surface area (Å²) in [5, 5.41) is 2.88. The SMILES string of the molecule is CCN(CCNC(=O)COc1ccc(I)cc1)C(C)C. The lowest BCUT2D eigenvalue weighted by Gasteiger charge is -2.24. The number of hydrogen-bond donors (Lipinski definition) is 1. The number of likely N-dealkylation sites (N-methyl/N-ethyl adjacent to an activating group) is 1. The van der Waals surface area contributed by atoms with E-state index in [1.54, 1.807) is 0 Å². The largest absolute Gasteiger partial charge is 0.484 e. The molecule has 0 radical (unpaired) electrons. The van der Waals surface area contributed by atoms with E-state index in [4.69, 9.17) is 4.74 Å². The third kappa shape index (κ3) is 6.56. The molecular weight excluding hydrogens is 367 g/mol. The fourth-order valence-electron chi connectivity index (χ4n) is 1.85. The average Bonchev–Trinajstić information content (AvgIpc) is 2.42. The van der Waals surface area contributed by atoms with Gasteiger partial charge in [0.2, 0.25) is 0 Å². The first kappa shape index (κ1) is 17.2. The minimum atomic E-state index is -0.0802. The first-order valence-corrected chi connectivity index (χ1v) is 8.00. The Morgan fingerprint density at radius 1 is 1.35 bits per heavy atom. The van der Waals surface area contributed by atoms with Gasteiger partial charge in [0.25, 0.3) is 5.91 Å². The van der Waals surface area contributed by atoms with Gasteiger partial charge in [-0.05, 0) is 67.2 Å². The molecule has 0 aliphatic rings. The van der Waals surface area contributed by atoms with Gasteiger partial charge in [-0.1, -0.05) is 6.92 Å².